The number of rotatable bonds is 7. The van der Waals surface area contributed by atoms with Crippen molar-refractivity contribution < 1.29 is 14.5 Å². The summed E-state index contributed by atoms with van der Waals surface area (Å²) in [6.45, 7) is 1.68. The van der Waals surface area contributed by atoms with Gasteiger partial charge in [0.2, 0.25) is 0 Å². The molecule has 3 aromatic carbocycles. The lowest BCUT2D eigenvalue weighted by atomic mass is 10.1. The van der Waals surface area contributed by atoms with E-state index in [1.165, 1.54) is 29.0 Å². The first-order chi connectivity index (χ1) is 17.8. The van der Waals surface area contributed by atoms with Crippen molar-refractivity contribution in [2.45, 2.75) is 6.92 Å². The van der Waals surface area contributed by atoms with Crippen molar-refractivity contribution in [1.29, 1.82) is 0 Å². The Morgan fingerprint density at radius 2 is 1.59 bits per heavy atom. The Balaban J connectivity index is 1.72. The molecule has 0 atom stereocenters. The molecule has 186 valence electrons. The largest absolute Gasteiger partial charge is 0.317 e. The number of nitro groups is 1. The monoisotopic (exact) mass is 497 g/mol. The first-order valence-electron chi connectivity index (χ1n) is 11.2. The van der Waals surface area contributed by atoms with Crippen LogP contribution in [0.15, 0.2) is 95.4 Å². The summed E-state index contributed by atoms with van der Waals surface area (Å²) < 4.78 is 3.03. The Morgan fingerprint density at radius 1 is 0.946 bits per heavy atom. The summed E-state index contributed by atoms with van der Waals surface area (Å²) in [5, 5.41) is 16.4. The molecule has 0 aliphatic rings. The molecule has 1 heterocycles. The minimum atomic E-state index is -0.762. The maximum absolute atomic E-state index is 13.4. The third-order valence-corrected chi connectivity index (χ3v) is 5.71. The molecule has 37 heavy (non-hydrogen) atoms. The molecule has 2 N–H and O–H groups in total. The molecule has 4 rings (SSSR count). The van der Waals surface area contributed by atoms with Crippen molar-refractivity contribution in [1.82, 2.24) is 14.7 Å². The summed E-state index contributed by atoms with van der Waals surface area (Å²) in [6, 6.07) is 22.8. The summed E-state index contributed by atoms with van der Waals surface area (Å²) in [5.41, 5.74) is 0.950. The number of nitro benzene ring substituents is 1. The highest BCUT2D eigenvalue weighted by molar-refractivity contribution is 6.10. The number of nitrogens with zero attached hydrogens (tertiary/aromatic N) is 3. The van der Waals surface area contributed by atoms with Crippen LogP contribution in [0.2, 0.25) is 0 Å². The average Bonchev–Trinajstić information content (AvgIpc) is 3.12. The van der Waals surface area contributed by atoms with E-state index >= 15 is 0 Å². The highest BCUT2D eigenvalue weighted by atomic mass is 16.6. The van der Waals surface area contributed by atoms with E-state index in [1.807, 2.05) is 6.07 Å². The molecule has 1 aromatic heterocycles. The van der Waals surface area contributed by atoms with Gasteiger partial charge in [0.05, 0.1) is 16.3 Å². The van der Waals surface area contributed by atoms with E-state index in [4.69, 9.17) is 0 Å². The standard InChI is InChI=1S/C27H23N5O5/c1-18-24(27(35)31(30(18)2)21-13-7-4-8-14-21)29-26(34)23(28-25(33)20-11-5-3-6-12-20)17-19-10-9-15-22(16-19)32(36)37/h3-17H,1-2H3,(H,28,33)(H,29,34)/b23-17-. The lowest BCUT2D eigenvalue weighted by molar-refractivity contribution is -0.384. The molecule has 0 bridgehead atoms. The van der Waals surface area contributed by atoms with Crippen LogP contribution >= 0.6 is 0 Å². The Hall–Kier alpha value is -5.25. The fraction of sp³-hybridized carbons (Fsp3) is 0.0741. The fourth-order valence-electron chi connectivity index (χ4n) is 3.73. The number of para-hydroxylation sites is 1. The van der Waals surface area contributed by atoms with E-state index in [9.17, 15) is 24.5 Å². The number of carbonyl (C=O) groups excluding carboxylic acids is 2. The predicted octanol–water partition coefficient (Wildman–Crippen LogP) is 3.80. The number of aromatic nitrogens is 2. The average molecular weight is 498 g/mol. The number of carbonyl (C=O) groups is 2. The van der Waals surface area contributed by atoms with Gasteiger partial charge in [-0.05, 0) is 42.8 Å². The first kappa shape index (κ1) is 24.9. The Bertz CT molecular complexity index is 1570. The van der Waals surface area contributed by atoms with Gasteiger partial charge in [0, 0.05) is 24.7 Å². The van der Waals surface area contributed by atoms with E-state index in [1.54, 1.807) is 79.3 Å². The van der Waals surface area contributed by atoms with Gasteiger partial charge in [-0.3, -0.25) is 29.2 Å². The van der Waals surface area contributed by atoms with Gasteiger partial charge in [0.25, 0.3) is 23.1 Å². The van der Waals surface area contributed by atoms with Crippen LogP contribution in [0.3, 0.4) is 0 Å². The minimum Gasteiger partial charge on any atom is -0.317 e. The van der Waals surface area contributed by atoms with Crippen LogP contribution in [0.4, 0.5) is 11.4 Å². The third kappa shape index (κ3) is 5.38. The van der Waals surface area contributed by atoms with Crippen molar-refractivity contribution >= 4 is 29.3 Å². The lowest BCUT2D eigenvalue weighted by Crippen LogP contribution is -2.32. The molecule has 2 amide bonds. The minimum absolute atomic E-state index is 0.0373. The fourth-order valence-corrected chi connectivity index (χ4v) is 3.73. The van der Waals surface area contributed by atoms with Crippen LogP contribution in [-0.2, 0) is 11.8 Å². The van der Waals surface area contributed by atoms with Crippen molar-refractivity contribution in [3.8, 4) is 5.69 Å². The molecular formula is C27H23N5O5. The van der Waals surface area contributed by atoms with E-state index in [-0.39, 0.29) is 17.1 Å². The van der Waals surface area contributed by atoms with Crippen LogP contribution in [0.25, 0.3) is 11.8 Å². The lowest BCUT2D eigenvalue weighted by Gasteiger charge is -2.11. The van der Waals surface area contributed by atoms with Crippen LogP contribution in [-0.4, -0.2) is 26.1 Å². The number of amides is 2. The van der Waals surface area contributed by atoms with Crippen molar-refractivity contribution in [2.75, 3.05) is 5.32 Å². The predicted molar refractivity (Wildman–Crippen MR) is 139 cm³/mol. The third-order valence-electron chi connectivity index (χ3n) is 5.71. The van der Waals surface area contributed by atoms with Crippen LogP contribution in [0, 0.1) is 17.0 Å². The summed E-state index contributed by atoms with van der Waals surface area (Å²) in [6.07, 6.45) is 1.32. The highest BCUT2D eigenvalue weighted by Gasteiger charge is 2.21. The van der Waals surface area contributed by atoms with Crippen LogP contribution in [0.1, 0.15) is 21.6 Å². The second-order valence-corrected chi connectivity index (χ2v) is 8.12. The smallest absolute Gasteiger partial charge is 0.295 e. The number of anilines is 1. The van der Waals surface area contributed by atoms with Gasteiger partial charge in [-0.15, -0.1) is 0 Å². The van der Waals surface area contributed by atoms with E-state index in [0.29, 0.717) is 22.5 Å². The molecular weight excluding hydrogens is 474 g/mol. The molecule has 4 aromatic rings. The van der Waals surface area contributed by atoms with Gasteiger partial charge in [0.1, 0.15) is 11.4 Å². The summed E-state index contributed by atoms with van der Waals surface area (Å²) >= 11 is 0. The highest BCUT2D eigenvalue weighted by Crippen LogP contribution is 2.18. The molecule has 0 saturated heterocycles. The van der Waals surface area contributed by atoms with Crippen LogP contribution < -0.4 is 16.2 Å². The van der Waals surface area contributed by atoms with Gasteiger partial charge in [0.15, 0.2) is 0 Å². The number of nitrogens with one attached hydrogen (secondary N) is 2. The molecule has 0 spiro atoms. The zero-order chi connectivity index (χ0) is 26.5. The van der Waals surface area contributed by atoms with Gasteiger partial charge >= 0.3 is 0 Å². The molecule has 0 unspecified atom stereocenters. The maximum atomic E-state index is 13.4. The van der Waals surface area contributed by atoms with E-state index < -0.39 is 22.3 Å². The van der Waals surface area contributed by atoms with Crippen LogP contribution in [0.5, 0.6) is 0 Å². The second-order valence-electron chi connectivity index (χ2n) is 8.12. The quantitative estimate of drug-likeness (QED) is 0.228. The van der Waals surface area contributed by atoms with Crippen molar-refractivity contribution in [3.05, 3.63) is 128 Å². The van der Waals surface area contributed by atoms with Gasteiger partial charge in [-0.25, -0.2) is 4.68 Å². The SMILES string of the molecule is Cc1c(NC(=O)/C(=C/c2cccc([N+](=O)[O-])c2)NC(=O)c2ccccc2)c(=O)n(-c2ccccc2)n1C. The Morgan fingerprint density at radius 3 is 2.24 bits per heavy atom. The van der Waals surface area contributed by atoms with Crippen molar-refractivity contribution in [2.24, 2.45) is 7.05 Å². The van der Waals surface area contributed by atoms with Gasteiger partial charge in [-0.1, -0.05) is 48.5 Å². The molecule has 0 aliphatic heterocycles. The molecule has 10 heteroatoms. The molecule has 0 aliphatic carbocycles. The second kappa shape index (κ2) is 10.6. The summed E-state index contributed by atoms with van der Waals surface area (Å²) in [4.78, 5) is 50.1. The Kier molecular flexibility index (Phi) is 7.10. The molecule has 0 saturated carbocycles. The maximum Gasteiger partial charge on any atom is 0.295 e. The Labute approximate surface area is 211 Å². The molecule has 0 radical (unpaired) electrons. The van der Waals surface area contributed by atoms with E-state index in [0.717, 1.165) is 0 Å². The summed E-state index contributed by atoms with van der Waals surface area (Å²) in [7, 11) is 1.69. The first-order valence-corrected chi connectivity index (χ1v) is 11.2. The summed E-state index contributed by atoms with van der Waals surface area (Å²) in [5.74, 6) is -1.32. The molecule has 10 nitrogen and oxygen atoms in total. The zero-order valence-electron chi connectivity index (χ0n) is 20.0. The van der Waals surface area contributed by atoms with Gasteiger partial charge in [-0.2, -0.15) is 0 Å². The normalized spacial score (nSPS) is 11.1. The molecule has 0 fully saturated rings. The van der Waals surface area contributed by atoms with E-state index in [2.05, 4.69) is 10.6 Å². The number of hydrogen-bond acceptors (Lipinski definition) is 5. The number of hydrogen-bond donors (Lipinski definition) is 2. The zero-order valence-corrected chi connectivity index (χ0v) is 20.0. The topological polar surface area (TPSA) is 128 Å². The van der Waals surface area contributed by atoms with Gasteiger partial charge < -0.3 is 10.6 Å². The van der Waals surface area contributed by atoms with Crippen molar-refractivity contribution in [3.63, 3.8) is 0 Å². The number of non-ortho nitro benzene ring substituents is 1. The number of benzene rings is 3.